The first-order valence-electron chi connectivity index (χ1n) is 9.82. The van der Waals surface area contributed by atoms with E-state index in [1.165, 1.54) is 4.90 Å². The van der Waals surface area contributed by atoms with Gasteiger partial charge in [-0.05, 0) is 67.4 Å². The molecule has 3 aromatic carbocycles. The number of aryl methyl sites for hydroxylation is 1. The molecule has 1 aliphatic rings. The summed E-state index contributed by atoms with van der Waals surface area (Å²) >= 11 is 6.89. The Morgan fingerprint density at radius 1 is 0.933 bits per heavy atom. The third-order valence-electron chi connectivity index (χ3n) is 5.66. The highest BCUT2D eigenvalue weighted by Gasteiger charge is 2.56. The first-order valence-corrected chi connectivity index (χ1v) is 11.4. The minimum Gasteiger partial charge on any atom is -0.365 e. The van der Waals surface area contributed by atoms with E-state index < -0.39 is 11.8 Å². The summed E-state index contributed by atoms with van der Waals surface area (Å²) in [5.41, 5.74) is 1.66. The highest BCUT2D eigenvalue weighted by molar-refractivity contribution is 9.10. The molecule has 1 unspecified atom stereocenters. The van der Waals surface area contributed by atoms with Gasteiger partial charge in [0.2, 0.25) is 0 Å². The van der Waals surface area contributed by atoms with E-state index >= 15 is 0 Å². The SMILES string of the molecule is CCc1cccc(C2(O)[C@@H](C)N(c3ccc(Br)cc3)C(=O)N2c2ccc(Br)cc2)c1. The molecule has 1 heterocycles. The number of benzene rings is 3. The summed E-state index contributed by atoms with van der Waals surface area (Å²) < 4.78 is 1.84. The normalized spacial score (nSPS) is 21.4. The Hall–Kier alpha value is -2.15. The maximum absolute atomic E-state index is 13.7. The van der Waals surface area contributed by atoms with E-state index in [4.69, 9.17) is 0 Å². The maximum atomic E-state index is 13.7. The standard InChI is InChI=1S/C24H22Br2N2O2/c1-3-17-5-4-6-18(15-17)24(30)16(2)27(21-11-7-19(25)8-12-21)23(29)28(24)22-13-9-20(26)10-14-22/h4-16,30H,3H2,1-2H3/t16-,24?/m1/s1. The van der Waals surface area contributed by atoms with Crippen LogP contribution in [-0.4, -0.2) is 17.2 Å². The van der Waals surface area contributed by atoms with Crippen molar-refractivity contribution in [1.82, 2.24) is 0 Å². The topological polar surface area (TPSA) is 43.8 Å². The molecule has 2 amide bonds. The fraction of sp³-hybridized carbons (Fsp3) is 0.208. The van der Waals surface area contributed by atoms with Gasteiger partial charge in [0, 0.05) is 25.9 Å². The molecule has 0 aliphatic carbocycles. The second-order valence-electron chi connectivity index (χ2n) is 7.40. The Labute approximate surface area is 193 Å². The fourth-order valence-electron chi connectivity index (χ4n) is 4.01. The lowest BCUT2D eigenvalue weighted by atomic mass is 9.92. The van der Waals surface area contributed by atoms with Gasteiger partial charge in [0.05, 0.1) is 6.04 Å². The molecule has 1 saturated heterocycles. The number of halogens is 2. The van der Waals surface area contributed by atoms with Gasteiger partial charge in [-0.1, -0.05) is 63.0 Å². The van der Waals surface area contributed by atoms with E-state index in [-0.39, 0.29) is 6.03 Å². The summed E-state index contributed by atoms with van der Waals surface area (Å²) in [4.78, 5) is 16.9. The van der Waals surface area contributed by atoms with Gasteiger partial charge >= 0.3 is 6.03 Å². The molecule has 4 rings (SSSR count). The number of anilines is 2. The Kier molecular flexibility index (Phi) is 5.75. The number of nitrogens with zero attached hydrogens (tertiary/aromatic N) is 2. The predicted molar refractivity (Wildman–Crippen MR) is 128 cm³/mol. The quantitative estimate of drug-likeness (QED) is 0.421. The van der Waals surface area contributed by atoms with Crippen LogP contribution >= 0.6 is 31.9 Å². The van der Waals surface area contributed by atoms with Crippen molar-refractivity contribution in [2.75, 3.05) is 9.80 Å². The Bertz CT molecular complexity index is 1070. The first kappa shape index (κ1) is 21.1. The summed E-state index contributed by atoms with van der Waals surface area (Å²) in [6.07, 6.45) is 0.848. The van der Waals surface area contributed by atoms with Crippen LogP contribution in [0, 0.1) is 0 Å². The van der Waals surface area contributed by atoms with Crippen LogP contribution in [0.2, 0.25) is 0 Å². The molecule has 3 aromatic rings. The number of hydrogen-bond donors (Lipinski definition) is 1. The van der Waals surface area contributed by atoms with Gasteiger partial charge in [-0.25, -0.2) is 4.79 Å². The molecule has 2 atom stereocenters. The third kappa shape index (κ3) is 3.47. The molecule has 0 aromatic heterocycles. The zero-order valence-corrected chi connectivity index (χ0v) is 19.9. The molecular weight excluding hydrogens is 508 g/mol. The van der Waals surface area contributed by atoms with Crippen molar-refractivity contribution >= 4 is 49.3 Å². The lowest BCUT2D eigenvalue weighted by molar-refractivity contribution is 0.0371. The first-order chi connectivity index (χ1) is 14.4. The Morgan fingerprint density at radius 2 is 1.50 bits per heavy atom. The molecule has 0 saturated carbocycles. The van der Waals surface area contributed by atoms with Crippen molar-refractivity contribution in [3.05, 3.63) is 92.9 Å². The third-order valence-corrected chi connectivity index (χ3v) is 6.72. The number of amides is 2. The minimum absolute atomic E-state index is 0.267. The van der Waals surface area contributed by atoms with E-state index in [0.717, 1.165) is 26.6 Å². The highest BCUT2D eigenvalue weighted by atomic mass is 79.9. The van der Waals surface area contributed by atoms with Crippen molar-refractivity contribution in [3.8, 4) is 0 Å². The van der Waals surface area contributed by atoms with Crippen LogP contribution in [0.3, 0.4) is 0 Å². The molecule has 30 heavy (non-hydrogen) atoms. The number of urea groups is 1. The zero-order valence-electron chi connectivity index (χ0n) is 16.7. The predicted octanol–water partition coefficient (Wildman–Crippen LogP) is 6.45. The van der Waals surface area contributed by atoms with Gasteiger partial charge < -0.3 is 5.11 Å². The van der Waals surface area contributed by atoms with Crippen LogP contribution in [0.1, 0.15) is 25.0 Å². The van der Waals surface area contributed by atoms with Crippen LogP contribution in [0.15, 0.2) is 81.7 Å². The van der Waals surface area contributed by atoms with Crippen LogP contribution in [0.5, 0.6) is 0 Å². The smallest absolute Gasteiger partial charge is 0.332 e. The number of carbonyl (C=O) groups is 1. The van der Waals surface area contributed by atoms with E-state index in [2.05, 4.69) is 38.8 Å². The van der Waals surface area contributed by atoms with Gasteiger partial charge in [-0.2, -0.15) is 0 Å². The van der Waals surface area contributed by atoms with Crippen molar-refractivity contribution in [2.45, 2.75) is 32.0 Å². The van der Waals surface area contributed by atoms with E-state index in [0.29, 0.717) is 11.3 Å². The molecule has 0 spiro atoms. The van der Waals surface area contributed by atoms with Crippen LogP contribution < -0.4 is 9.80 Å². The molecule has 1 fully saturated rings. The van der Waals surface area contributed by atoms with Gasteiger partial charge in [0.1, 0.15) is 0 Å². The number of rotatable bonds is 4. The monoisotopic (exact) mass is 528 g/mol. The molecule has 1 N–H and O–H groups in total. The minimum atomic E-state index is -1.52. The van der Waals surface area contributed by atoms with Crippen LogP contribution in [0.4, 0.5) is 16.2 Å². The average molecular weight is 530 g/mol. The van der Waals surface area contributed by atoms with Crippen molar-refractivity contribution in [1.29, 1.82) is 0 Å². The molecule has 1 aliphatic heterocycles. The van der Waals surface area contributed by atoms with Crippen LogP contribution in [0.25, 0.3) is 0 Å². The molecule has 154 valence electrons. The summed E-state index contributed by atoms with van der Waals surface area (Å²) in [5.74, 6) is 0. The highest BCUT2D eigenvalue weighted by Crippen LogP contribution is 2.44. The molecule has 0 bridgehead atoms. The largest absolute Gasteiger partial charge is 0.365 e. The average Bonchev–Trinajstić information content (AvgIpc) is 2.96. The number of aliphatic hydroxyl groups is 1. The van der Waals surface area contributed by atoms with Crippen LogP contribution in [-0.2, 0) is 12.1 Å². The van der Waals surface area contributed by atoms with Gasteiger partial charge in [-0.15, -0.1) is 0 Å². The second kappa shape index (κ2) is 8.17. The fourth-order valence-corrected chi connectivity index (χ4v) is 4.54. The van der Waals surface area contributed by atoms with E-state index in [1.807, 2.05) is 79.7 Å². The van der Waals surface area contributed by atoms with E-state index in [1.54, 1.807) is 4.90 Å². The lowest BCUT2D eigenvalue weighted by Gasteiger charge is -2.36. The van der Waals surface area contributed by atoms with Crippen molar-refractivity contribution in [3.63, 3.8) is 0 Å². The van der Waals surface area contributed by atoms with Gasteiger partial charge in [0.15, 0.2) is 5.72 Å². The second-order valence-corrected chi connectivity index (χ2v) is 9.23. The lowest BCUT2D eigenvalue weighted by Crippen LogP contribution is -2.48. The summed E-state index contributed by atoms with van der Waals surface area (Å²) in [5, 5.41) is 12.1. The number of carbonyl (C=O) groups excluding carboxylic acids is 1. The van der Waals surface area contributed by atoms with Crippen molar-refractivity contribution < 1.29 is 9.90 Å². The molecule has 4 nitrogen and oxygen atoms in total. The Balaban J connectivity index is 1.90. The van der Waals surface area contributed by atoms with Crippen molar-refractivity contribution in [2.24, 2.45) is 0 Å². The van der Waals surface area contributed by atoms with Gasteiger partial charge in [-0.3, -0.25) is 9.80 Å². The maximum Gasteiger partial charge on any atom is 0.332 e. The summed E-state index contributed by atoms with van der Waals surface area (Å²) in [6, 6.07) is 22.1. The summed E-state index contributed by atoms with van der Waals surface area (Å²) in [6.45, 7) is 3.96. The number of hydrogen-bond acceptors (Lipinski definition) is 2. The molecule has 0 radical (unpaired) electrons. The molecular formula is C24H22Br2N2O2. The van der Waals surface area contributed by atoms with E-state index in [9.17, 15) is 9.90 Å². The summed E-state index contributed by atoms with van der Waals surface area (Å²) in [7, 11) is 0. The zero-order chi connectivity index (χ0) is 21.5. The van der Waals surface area contributed by atoms with Gasteiger partial charge in [0.25, 0.3) is 0 Å². The Morgan fingerprint density at radius 3 is 2.07 bits per heavy atom. The molecule has 6 heteroatoms.